The van der Waals surface area contributed by atoms with Crippen LogP contribution in [0.3, 0.4) is 0 Å². The van der Waals surface area contributed by atoms with E-state index >= 15 is 0 Å². The van der Waals surface area contributed by atoms with Gasteiger partial charge in [0.25, 0.3) is 0 Å². The van der Waals surface area contributed by atoms with Gasteiger partial charge in [-0.3, -0.25) is 4.98 Å². The number of pyridine rings is 1. The highest BCUT2D eigenvalue weighted by molar-refractivity contribution is 5.94. The normalized spacial score (nSPS) is 10.9. The second-order valence-electron chi connectivity index (χ2n) is 5.75. The summed E-state index contributed by atoms with van der Waals surface area (Å²) in [6, 6.07) is 12.4. The molecule has 0 bridgehead atoms. The van der Waals surface area contributed by atoms with Crippen LogP contribution in [-0.4, -0.2) is 22.0 Å². The Morgan fingerprint density at radius 2 is 1.77 bits per heavy atom. The molecule has 4 rings (SSSR count). The van der Waals surface area contributed by atoms with Gasteiger partial charge < -0.3 is 5.32 Å². The van der Waals surface area contributed by atoms with E-state index in [2.05, 4.69) is 20.3 Å². The van der Waals surface area contributed by atoms with Crippen molar-refractivity contribution in [1.29, 1.82) is 0 Å². The lowest BCUT2D eigenvalue weighted by Crippen LogP contribution is -2.00. The minimum absolute atomic E-state index is 0.297. The van der Waals surface area contributed by atoms with Crippen LogP contribution in [0.4, 0.5) is 14.6 Å². The Labute approximate surface area is 148 Å². The second kappa shape index (κ2) is 6.48. The maximum atomic E-state index is 14.7. The van der Waals surface area contributed by atoms with Crippen LogP contribution in [-0.2, 0) is 0 Å². The number of aromatic nitrogens is 3. The molecule has 0 radical (unpaired) electrons. The molecule has 0 saturated carbocycles. The monoisotopic (exact) mass is 348 g/mol. The van der Waals surface area contributed by atoms with Crippen LogP contribution < -0.4 is 5.32 Å². The summed E-state index contributed by atoms with van der Waals surface area (Å²) in [4.78, 5) is 13.0. The lowest BCUT2D eigenvalue weighted by Gasteiger charge is -2.11. The fourth-order valence-electron chi connectivity index (χ4n) is 2.84. The van der Waals surface area contributed by atoms with Crippen molar-refractivity contribution >= 4 is 16.7 Å². The smallest absolute Gasteiger partial charge is 0.163 e. The average molecular weight is 348 g/mol. The van der Waals surface area contributed by atoms with E-state index in [0.29, 0.717) is 33.7 Å². The van der Waals surface area contributed by atoms with E-state index in [0.717, 1.165) is 5.56 Å². The third-order valence-corrected chi connectivity index (χ3v) is 4.08. The van der Waals surface area contributed by atoms with Gasteiger partial charge in [-0.25, -0.2) is 18.7 Å². The third kappa shape index (κ3) is 2.86. The Morgan fingerprint density at radius 1 is 0.923 bits per heavy atom. The van der Waals surface area contributed by atoms with Gasteiger partial charge in [0.15, 0.2) is 5.82 Å². The van der Waals surface area contributed by atoms with Crippen molar-refractivity contribution in [3.05, 3.63) is 72.6 Å². The van der Waals surface area contributed by atoms with Crippen LogP contribution in [0.2, 0.25) is 0 Å². The molecule has 0 fully saturated rings. The van der Waals surface area contributed by atoms with Gasteiger partial charge in [0.2, 0.25) is 0 Å². The van der Waals surface area contributed by atoms with Crippen molar-refractivity contribution in [2.75, 3.05) is 12.4 Å². The topological polar surface area (TPSA) is 50.7 Å². The van der Waals surface area contributed by atoms with Crippen molar-refractivity contribution in [1.82, 2.24) is 15.0 Å². The van der Waals surface area contributed by atoms with Gasteiger partial charge in [-0.1, -0.05) is 12.1 Å². The van der Waals surface area contributed by atoms with Gasteiger partial charge in [-0.2, -0.15) is 0 Å². The summed E-state index contributed by atoms with van der Waals surface area (Å²) in [5, 5.41) is 3.68. The molecule has 0 saturated heterocycles. The molecule has 0 atom stereocenters. The molecule has 6 heteroatoms. The summed E-state index contributed by atoms with van der Waals surface area (Å²) >= 11 is 0. The standard InChI is InChI=1S/C20H14F2N4/c1-23-20-16-9-15(12-4-2-6-14(21)8-12)17(22)10-18(16)25-19(26-20)13-5-3-7-24-11-13/h2-11H,1H3,(H,23,25,26). The first-order chi connectivity index (χ1) is 12.7. The van der Waals surface area contributed by atoms with E-state index in [4.69, 9.17) is 0 Å². The Bertz CT molecular complexity index is 1100. The summed E-state index contributed by atoms with van der Waals surface area (Å²) in [6.07, 6.45) is 3.31. The number of rotatable bonds is 3. The fraction of sp³-hybridized carbons (Fsp3) is 0.0500. The summed E-state index contributed by atoms with van der Waals surface area (Å²) in [6.45, 7) is 0. The molecule has 2 heterocycles. The Kier molecular flexibility index (Phi) is 4.01. The first-order valence-electron chi connectivity index (χ1n) is 8.01. The van der Waals surface area contributed by atoms with Gasteiger partial charge in [-0.15, -0.1) is 0 Å². The van der Waals surface area contributed by atoms with Crippen LogP contribution in [0.15, 0.2) is 60.9 Å². The van der Waals surface area contributed by atoms with Gasteiger partial charge in [0, 0.05) is 42.0 Å². The first-order valence-corrected chi connectivity index (χ1v) is 8.01. The molecular weight excluding hydrogens is 334 g/mol. The molecule has 4 aromatic rings. The highest BCUT2D eigenvalue weighted by Gasteiger charge is 2.14. The van der Waals surface area contributed by atoms with Crippen molar-refractivity contribution in [2.45, 2.75) is 0 Å². The van der Waals surface area contributed by atoms with Gasteiger partial charge in [0.1, 0.15) is 17.5 Å². The molecule has 128 valence electrons. The van der Waals surface area contributed by atoms with Crippen LogP contribution in [0.25, 0.3) is 33.4 Å². The highest BCUT2D eigenvalue weighted by atomic mass is 19.1. The van der Waals surface area contributed by atoms with Crippen molar-refractivity contribution in [3.8, 4) is 22.5 Å². The number of benzene rings is 2. The summed E-state index contributed by atoms with van der Waals surface area (Å²) in [5.74, 6) is 0.124. The van der Waals surface area contributed by atoms with E-state index in [9.17, 15) is 8.78 Å². The minimum atomic E-state index is -0.471. The van der Waals surface area contributed by atoms with E-state index in [1.54, 1.807) is 43.7 Å². The number of hydrogen-bond donors (Lipinski definition) is 1. The maximum Gasteiger partial charge on any atom is 0.163 e. The van der Waals surface area contributed by atoms with E-state index in [1.165, 1.54) is 18.2 Å². The average Bonchev–Trinajstić information content (AvgIpc) is 2.67. The van der Waals surface area contributed by atoms with Gasteiger partial charge in [-0.05, 0) is 35.9 Å². The fourth-order valence-corrected chi connectivity index (χ4v) is 2.84. The largest absolute Gasteiger partial charge is 0.373 e. The van der Waals surface area contributed by atoms with Crippen LogP contribution in [0.5, 0.6) is 0 Å². The Morgan fingerprint density at radius 3 is 2.50 bits per heavy atom. The number of fused-ring (bicyclic) bond motifs is 1. The molecule has 0 unspecified atom stereocenters. The van der Waals surface area contributed by atoms with Crippen LogP contribution >= 0.6 is 0 Å². The zero-order valence-electron chi connectivity index (χ0n) is 13.9. The predicted molar refractivity (Wildman–Crippen MR) is 97.7 cm³/mol. The predicted octanol–water partition coefficient (Wildman–Crippen LogP) is 4.68. The van der Waals surface area contributed by atoms with Crippen LogP contribution in [0.1, 0.15) is 0 Å². The van der Waals surface area contributed by atoms with Crippen molar-refractivity contribution in [3.63, 3.8) is 0 Å². The van der Waals surface area contributed by atoms with Crippen molar-refractivity contribution in [2.24, 2.45) is 0 Å². The van der Waals surface area contributed by atoms with Gasteiger partial charge >= 0.3 is 0 Å². The SMILES string of the molecule is CNc1nc(-c2cccnc2)nc2cc(F)c(-c3cccc(F)c3)cc12. The molecule has 4 nitrogen and oxygen atoms in total. The molecular formula is C20H14F2N4. The van der Waals surface area contributed by atoms with E-state index < -0.39 is 11.6 Å². The summed E-state index contributed by atoms with van der Waals surface area (Å²) in [5.41, 5.74) is 1.95. The van der Waals surface area contributed by atoms with E-state index in [1.807, 2.05) is 6.07 Å². The Hall–Kier alpha value is -3.41. The first kappa shape index (κ1) is 16.1. The number of anilines is 1. The maximum absolute atomic E-state index is 14.7. The molecule has 0 amide bonds. The highest BCUT2D eigenvalue weighted by Crippen LogP contribution is 2.31. The van der Waals surface area contributed by atoms with E-state index in [-0.39, 0.29) is 0 Å². The molecule has 2 aromatic heterocycles. The lowest BCUT2D eigenvalue weighted by atomic mass is 10.0. The molecule has 0 aliphatic rings. The Balaban J connectivity index is 1.94. The van der Waals surface area contributed by atoms with Gasteiger partial charge in [0.05, 0.1) is 5.52 Å². The number of nitrogens with zero attached hydrogens (tertiary/aromatic N) is 3. The summed E-state index contributed by atoms with van der Waals surface area (Å²) in [7, 11) is 1.74. The molecule has 0 spiro atoms. The number of hydrogen-bond acceptors (Lipinski definition) is 4. The molecule has 0 aliphatic heterocycles. The zero-order valence-corrected chi connectivity index (χ0v) is 13.9. The number of nitrogens with one attached hydrogen (secondary N) is 1. The molecule has 2 aromatic carbocycles. The zero-order chi connectivity index (χ0) is 18.1. The molecule has 1 N–H and O–H groups in total. The number of halogens is 2. The quantitative estimate of drug-likeness (QED) is 0.584. The molecule has 26 heavy (non-hydrogen) atoms. The van der Waals surface area contributed by atoms with Crippen LogP contribution in [0, 0.1) is 11.6 Å². The lowest BCUT2D eigenvalue weighted by molar-refractivity contribution is 0.625. The molecule has 0 aliphatic carbocycles. The second-order valence-corrected chi connectivity index (χ2v) is 5.75. The third-order valence-electron chi connectivity index (χ3n) is 4.08. The minimum Gasteiger partial charge on any atom is -0.373 e. The summed E-state index contributed by atoms with van der Waals surface area (Å²) < 4.78 is 28.2. The van der Waals surface area contributed by atoms with Crippen molar-refractivity contribution < 1.29 is 8.78 Å².